The molecule has 1 aromatic heterocycles. The Bertz CT molecular complexity index is 2200. The minimum Gasteiger partial charge on any atom is -0.489 e. The van der Waals surface area contributed by atoms with Crippen molar-refractivity contribution >= 4 is 50.3 Å². The molecule has 0 bridgehead atoms. The number of carbonyl (C=O) groups excluding carboxylic acids is 3. The van der Waals surface area contributed by atoms with Gasteiger partial charge in [0.15, 0.2) is 5.75 Å². The maximum Gasteiger partial charge on any atom is 0.408 e. The van der Waals surface area contributed by atoms with Gasteiger partial charge in [-0.2, -0.15) is 0 Å². The highest BCUT2D eigenvalue weighted by molar-refractivity contribution is 7.91. The van der Waals surface area contributed by atoms with E-state index in [0.29, 0.717) is 68.2 Å². The maximum absolute atomic E-state index is 15.3. The van der Waals surface area contributed by atoms with Gasteiger partial charge < -0.3 is 29.7 Å². The van der Waals surface area contributed by atoms with Crippen LogP contribution in [0.1, 0.15) is 85.0 Å². The number of likely N-dealkylation sites (N-methyl/N-ethyl adjacent to an activating group) is 1. The van der Waals surface area contributed by atoms with Crippen LogP contribution in [0.2, 0.25) is 0 Å². The fourth-order valence-corrected chi connectivity index (χ4v) is 11.8. The predicted octanol–water partition coefficient (Wildman–Crippen LogP) is 4.44. The van der Waals surface area contributed by atoms with E-state index in [1.807, 2.05) is 44.3 Å². The normalized spacial score (nSPS) is 35.4. The van der Waals surface area contributed by atoms with Gasteiger partial charge in [-0.15, -0.1) is 0 Å². The summed E-state index contributed by atoms with van der Waals surface area (Å²) in [4.78, 5) is 67.0. The second-order valence-electron chi connectivity index (χ2n) is 18.9. The molecule has 10 atom stereocenters. The number of carbonyl (C=O) groups is 4. The van der Waals surface area contributed by atoms with Crippen LogP contribution in [0.4, 0.5) is 10.5 Å². The maximum atomic E-state index is 15.3. The molecule has 0 radical (unpaired) electrons. The number of nitrogens with zero attached hydrogens (tertiary/aromatic N) is 4. The fraction of sp³-hybridized carbons (Fsp3) is 0.651. The lowest BCUT2D eigenvalue weighted by Gasteiger charge is -2.40. The van der Waals surface area contributed by atoms with Crippen LogP contribution < -0.4 is 24.4 Å². The summed E-state index contributed by atoms with van der Waals surface area (Å²) in [5.74, 6) is -0.628. The molecule has 4 amide bonds. The van der Waals surface area contributed by atoms with Gasteiger partial charge in [-0.1, -0.05) is 26.0 Å². The summed E-state index contributed by atoms with van der Waals surface area (Å²) in [7, 11) is -2.01. The Hall–Kier alpha value is -4.60. The summed E-state index contributed by atoms with van der Waals surface area (Å²) in [6.45, 7) is 6.87. The Morgan fingerprint density at radius 2 is 1.83 bits per heavy atom. The van der Waals surface area contributed by atoms with Crippen molar-refractivity contribution in [2.24, 2.45) is 29.6 Å². The third kappa shape index (κ3) is 7.16. The number of ether oxygens (including phenoxy) is 2. The molecule has 3 aliphatic heterocycles. The summed E-state index contributed by atoms with van der Waals surface area (Å²) in [6.07, 6.45) is 9.24. The number of amides is 4. The molecule has 1 aromatic carbocycles. The zero-order valence-electron chi connectivity index (χ0n) is 34.3. The highest BCUT2D eigenvalue weighted by atomic mass is 32.2. The molecular formula is C43H56N6O9S. The number of anilines is 1. The van der Waals surface area contributed by atoms with Crippen LogP contribution in [0.25, 0.3) is 10.8 Å². The summed E-state index contributed by atoms with van der Waals surface area (Å²) >= 11 is 0. The highest BCUT2D eigenvalue weighted by Crippen LogP contribution is 2.54. The molecule has 16 heteroatoms. The molecule has 4 saturated carbocycles. The van der Waals surface area contributed by atoms with Gasteiger partial charge in [0, 0.05) is 42.4 Å². The van der Waals surface area contributed by atoms with Gasteiger partial charge in [-0.25, -0.2) is 18.2 Å². The molecule has 15 nitrogen and oxygen atoms in total. The number of allylic oxidation sites excluding steroid dienone is 1. The molecule has 4 heterocycles. The number of hydrogen-bond donors (Lipinski definition) is 3. The van der Waals surface area contributed by atoms with Gasteiger partial charge in [-0.3, -0.25) is 24.0 Å². The lowest BCUT2D eigenvalue weighted by Crippen LogP contribution is -2.61. The van der Waals surface area contributed by atoms with E-state index in [1.165, 1.54) is 9.80 Å². The van der Waals surface area contributed by atoms with Crippen molar-refractivity contribution in [2.75, 3.05) is 31.6 Å². The van der Waals surface area contributed by atoms with Crippen LogP contribution >= 0.6 is 0 Å². The Morgan fingerprint density at radius 1 is 1.07 bits per heavy atom. The van der Waals surface area contributed by atoms with Crippen molar-refractivity contribution in [3.05, 3.63) is 36.5 Å². The first-order valence-electron chi connectivity index (χ1n) is 21.4. The SMILES string of the molecule is C[C@@H]1CC/C=C\[C@@H]2C[C@@]2(C(=O)NS(=O)(=O)C2(C)CC2)NC(=O)[C@@H]2C[C@@H](Oc3nccc4c5c(ccc34)N(C)CCO5)CN2C(=O)[C@@H](N(C(=O)O)[C@H]2CC3C[C@H]3C2)[C@H](C)C1. The second kappa shape index (κ2) is 14.5. The van der Waals surface area contributed by atoms with Crippen LogP contribution in [0.15, 0.2) is 36.5 Å². The Morgan fingerprint density at radius 3 is 2.56 bits per heavy atom. The first-order valence-corrected chi connectivity index (χ1v) is 22.9. The van der Waals surface area contributed by atoms with E-state index in [0.717, 1.165) is 36.2 Å². The summed E-state index contributed by atoms with van der Waals surface area (Å²) in [5.41, 5.74) is -0.600. The zero-order chi connectivity index (χ0) is 41.6. The van der Waals surface area contributed by atoms with Crippen molar-refractivity contribution in [1.29, 1.82) is 0 Å². The fourth-order valence-electron chi connectivity index (χ4n) is 10.5. The number of benzene rings is 1. The molecule has 0 spiro atoms. The number of carboxylic acid groups (broad SMARTS) is 1. The molecule has 1 unspecified atom stereocenters. The van der Waals surface area contributed by atoms with Crippen molar-refractivity contribution < 1.29 is 42.2 Å². The second-order valence-corrected chi connectivity index (χ2v) is 21.1. The first kappa shape index (κ1) is 39.8. The van der Waals surface area contributed by atoms with Crippen LogP contribution in [0.5, 0.6) is 11.6 Å². The standard InChI is InChI=1S/C43H56N6O9S/c1-24-7-5-6-8-28-22-43(28,40(52)46-59(55,56)42(3)12-13-42)45-37(50)34-21-30(58-38-32-9-10-33-36(31(32)11-14-44-38)57-16-15-47(33)4)23-48(34)39(51)35(25(2)17-24)49(41(53)54)29-19-26-18-27(26)20-29/h6,8-11,14,24-30,34-35H,5,7,12-13,15-23H2,1-4H3,(H,45,50)(H,46,52)(H,53,54)/b8-6-/t24-,25-,26+,27?,28-,29-,30-,34+,35+,43-/m1/s1. The molecule has 7 aliphatic rings. The van der Waals surface area contributed by atoms with Crippen molar-refractivity contribution in [1.82, 2.24) is 24.8 Å². The van der Waals surface area contributed by atoms with Crippen LogP contribution in [-0.4, -0.2) is 113 Å². The molecule has 5 fully saturated rings. The van der Waals surface area contributed by atoms with Crippen molar-refractivity contribution in [3.63, 3.8) is 0 Å². The first-order chi connectivity index (χ1) is 28.1. The number of aromatic nitrogens is 1. The van der Waals surface area contributed by atoms with E-state index in [2.05, 4.69) is 26.8 Å². The van der Waals surface area contributed by atoms with E-state index in [-0.39, 0.29) is 37.3 Å². The van der Waals surface area contributed by atoms with E-state index < -0.39 is 68.2 Å². The van der Waals surface area contributed by atoms with E-state index in [4.69, 9.17) is 9.47 Å². The molecule has 59 heavy (non-hydrogen) atoms. The highest BCUT2D eigenvalue weighted by Gasteiger charge is 2.63. The van der Waals surface area contributed by atoms with Crippen molar-refractivity contribution in [3.8, 4) is 11.6 Å². The van der Waals surface area contributed by atoms with E-state index in [9.17, 15) is 27.9 Å². The number of rotatable bonds is 7. The minimum absolute atomic E-state index is 0.0312. The summed E-state index contributed by atoms with van der Waals surface area (Å²) < 4.78 is 40.6. The monoisotopic (exact) mass is 832 g/mol. The van der Waals surface area contributed by atoms with Gasteiger partial charge in [0.2, 0.25) is 27.7 Å². The molecule has 9 rings (SSSR count). The topological polar surface area (TPSA) is 188 Å². The van der Waals surface area contributed by atoms with Crippen LogP contribution in [0.3, 0.4) is 0 Å². The zero-order valence-corrected chi connectivity index (χ0v) is 35.1. The Kier molecular flexibility index (Phi) is 9.82. The number of hydrogen-bond acceptors (Lipinski definition) is 10. The largest absolute Gasteiger partial charge is 0.489 e. The van der Waals surface area contributed by atoms with Gasteiger partial charge in [0.25, 0.3) is 5.91 Å². The lowest BCUT2D eigenvalue weighted by atomic mass is 9.86. The Labute approximate surface area is 345 Å². The number of nitrogens with one attached hydrogen (secondary N) is 2. The molecule has 3 N–H and O–H groups in total. The third-order valence-corrected chi connectivity index (χ3v) is 16.7. The van der Waals surface area contributed by atoms with Gasteiger partial charge in [-0.05, 0) is 107 Å². The average Bonchev–Trinajstić information content (AvgIpc) is 4.15. The molecule has 1 saturated heterocycles. The lowest BCUT2D eigenvalue weighted by molar-refractivity contribution is -0.145. The number of sulfonamides is 1. The summed E-state index contributed by atoms with van der Waals surface area (Å²) in [5, 5.41) is 15.3. The number of fused-ring (bicyclic) bond motifs is 6. The quantitative estimate of drug-likeness (QED) is 0.335. The smallest absolute Gasteiger partial charge is 0.408 e. The molecule has 2 aromatic rings. The van der Waals surface area contributed by atoms with Crippen molar-refractivity contribution in [2.45, 2.75) is 119 Å². The molecular weight excluding hydrogens is 777 g/mol. The minimum atomic E-state index is -4.01. The van der Waals surface area contributed by atoms with Crippen LogP contribution in [0, 0.1) is 29.6 Å². The Balaban J connectivity index is 1.07. The molecule has 4 aliphatic carbocycles. The molecule has 318 valence electrons. The van der Waals surface area contributed by atoms with Gasteiger partial charge in [0.05, 0.1) is 23.5 Å². The average molecular weight is 833 g/mol. The summed E-state index contributed by atoms with van der Waals surface area (Å²) in [6, 6.07) is 3.23. The van der Waals surface area contributed by atoms with E-state index in [1.54, 1.807) is 13.1 Å². The third-order valence-electron chi connectivity index (χ3n) is 14.5. The van der Waals surface area contributed by atoms with Gasteiger partial charge >= 0.3 is 6.09 Å². The predicted molar refractivity (Wildman–Crippen MR) is 218 cm³/mol. The van der Waals surface area contributed by atoms with Crippen LogP contribution in [-0.2, 0) is 24.4 Å². The number of pyridine rings is 1. The van der Waals surface area contributed by atoms with E-state index >= 15 is 4.79 Å². The van der Waals surface area contributed by atoms with Gasteiger partial charge in [0.1, 0.15) is 30.3 Å².